The Bertz CT molecular complexity index is 898. The van der Waals surface area contributed by atoms with Crippen LogP contribution >= 0.6 is 0 Å². The fraction of sp³-hybridized carbons (Fsp3) is 0.522. The van der Waals surface area contributed by atoms with Gasteiger partial charge in [0, 0.05) is 48.3 Å². The topological polar surface area (TPSA) is 39.3 Å². The number of amides is 1. The molecule has 4 rings (SSSR count). The highest BCUT2D eigenvalue weighted by atomic mass is 16.2. The number of carbonyl (C=O) groups is 1. The van der Waals surface area contributed by atoms with Crippen LogP contribution in [0.1, 0.15) is 45.7 Å². The Morgan fingerprint density at radius 3 is 2.67 bits per heavy atom. The quantitative estimate of drug-likeness (QED) is 0.890. The molecule has 0 bridgehead atoms. The van der Waals surface area contributed by atoms with Gasteiger partial charge in [-0.25, -0.2) is 0 Å². The number of hydrogen-bond donors (Lipinski definition) is 1. The third-order valence-electron chi connectivity index (χ3n) is 6.28. The molecule has 0 saturated carbocycles. The maximum atomic E-state index is 13.2. The molecular formula is C23H31N3O. The van der Waals surface area contributed by atoms with Crippen molar-refractivity contribution in [3.05, 3.63) is 41.6 Å². The standard InChI is InChI=1S/C23H31N3O/c1-6-25(7-2)22(27)16-11-18-17-9-8-10-19-21(17)15(13-24-19)12-20(18)26(14-16)23(3,4)5/h8-11,13,16,20,24H,6-7,12,14H2,1-5H3/t16-,20-/m1/s1. The Hall–Kier alpha value is -2.07. The molecule has 0 radical (unpaired) electrons. The van der Waals surface area contributed by atoms with E-state index in [0.29, 0.717) is 6.04 Å². The van der Waals surface area contributed by atoms with Gasteiger partial charge in [-0.3, -0.25) is 9.69 Å². The van der Waals surface area contributed by atoms with E-state index in [1.165, 1.54) is 27.6 Å². The van der Waals surface area contributed by atoms with Gasteiger partial charge in [0.05, 0.1) is 5.92 Å². The summed E-state index contributed by atoms with van der Waals surface area (Å²) in [5.74, 6) is 0.179. The minimum atomic E-state index is -0.0777. The van der Waals surface area contributed by atoms with E-state index in [4.69, 9.17) is 0 Å². The van der Waals surface area contributed by atoms with E-state index in [1.807, 2.05) is 4.90 Å². The second kappa shape index (κ2) is 6.52. The van der Waals surface area contributed by atoms with Crippen molar-refractivity contribution >= 4 is 22.4 Å². The fourth-order valence-corrected chi connectivity index (χ4v) is 4.90. The molecule has 2 aliphatic rings. The number of carbonyl (C=O) groups excluding carboxylic acids is 1. The molecule has 4 nitrogen and oxygen atoms in total. The lowest BCUT2D eigenvalue weighted by Crippen LogP contribution is -2.56. The molecule has 27 heavy (non-hydrogen) atoms. The van der Waals surface area contributed by atoms with Gasteiger partial charge in [-0.15, -0.1) is 0 Å². The molecule has 2 heterocycles. The van der Waals surface area contributed by atoms with Crippen LogP contribution in [0.25, 0.3) is 16.5 Å². The van der Waals surface area contributed by atoms with Crippen molar-refractivity contribution < 1.29 is 4.79 Å². The normalized spacial score (nSPS) is 22.5. The lowest BCUT2D eigenvalue weighted by Gasteiger charge is -2.48. The number of nitrogens with one attached hydrogen (secondary N) is 1. The lowest BCUT2D eigenvalue weighted by molar-refractivity contribution is -0.135. The summed E-state index contributed by atoms with van der Waals surface area (Å²) < 4.78 is 0. The van der Waals surface area contributed by atoms with Crippen LogP contribution in [0.4, 0.5) is 0 Å². The van der Waals surface area contributed by atoms with Crippen molar-refractivity contribution in [1.29, 1.82) is 0 Å². The van der Waals surface area contributed by atoms with Crippen LogP contribution in [0.3, 0.4) is 0 Å². The molecule has 0 unspecified atom stereocenters. The zero-order valence-electron chi connectivity index (χ0n) is 17.2. The van der Waals surface area contributed by atoms with Crippen LogP contribution < -0.4 is 0 Å². The summed E-state index contributed by atoms with van der Waals surface area (Å²) in [7, 11) is 0. The first-order valence-electron chi connectivity index (χ1n) is 10.2. The van der Waals surface area contributed by atoms with Gasteiger partial charge in [0.25, 0.3) is 0 Å². The molecule has 0 spiro atoms. The van der Waals surface area contributed by atoms with Crippen LogP contribution in [0.2, 0.25) is 0 Å². The third-order valence-corrected chi connectivity index (χ3v) is 6.28. The average Bonchev–Trinajstić information content (AvgIpc) is 3.05. The summed E-state index contributed by atoms with van der Waals surface area (Å²) in [5.41, 5.74) is 5.23. The van der Waals surface area contributed by atoms with E-state index in [2.05, 4.69) is 75.0 Å². The smallest absolute Gasteiger partial charge is 0.230 e. The van der Waals surface area contributed by atoms with Crippen molar-refractivity contribution in [2.75, 3.05) is 19.6 Å². The predicted molar refractivity (Wildman–Crippen MR) is 112 cm³/mol. The number of nitrogens with zero attached hydrogens (tertiary/aromatic N) is 2. The van der Waals surface area contributed by atoms with Gasteiger partial charge in [-0.05, 0) is 63.8 Å². The van der Waals surface area contributed by atoms with Gasteiger partial charge in [0.2, 0.25) is 5.91 Å². The van der Waals surface area contributed by atoms with E-state index in [9.17, 15) is 4.79 Å². The average molecular weight is 366 g/mol. The Morgan fingerprint density at radius 1 is 1.26 bits per heavy atom. The fourth-order valence-electron chi connectivity index (χ4n) is 4.90. The van der Waals surface area contributed by atoms with Crippen molar-refractivity contribution in [1.82, 2.24) is 14.8 Å². The summed E-state index contributed by atoms with van der Waals surface area (Å²) in [6.45, 7) is 13.3. The second-order valence-corrected chi connectivity index (χ2v) is 8.82. The summed E-state index contributed by atoms with van der Waals surface area (Å²) in [6, 6.07) is 6.83. The molecule has 1 amide bonds. The summed E-state index contributed by atoms with van der Waals surface area (Å²) in [6.07, 6.45) is 5.45. The minimum Gasteiger partial charge on any atom is -0.361 e. The van der Waals surface area contributed by atoms with Crippen molar-refractivity contribution in [2.45, 2.75) is 52.6 Å². The van der Waals surface area contributed by atoms with Crippen LogP contribution in [0, 0.1) is 5.92 Å². The SMILES string of the molecule is CCN(CC)C(=O)[C@@H]1C=C2c3cccc4[nH]cc(c34)C[C@H]2N(C(C)(C)C)C1. The summed E-state index contributed by atoms with van der Waals surface area (Å²) in [5, 5.41) is 1.34. The summed E-state index contributed by atoms with van der Waals surface area (Å²) in [4.78, 5) is 21.1. The van der Waals surface area contributed by atoms with Crippen molar-refractivity contribution in [3.63, 3.8) is 0 Å². The molecule has 1 aliphatic heterocycles. The first-order valence-corrected chi connectivity index (χ1v) is 10.2. The predicted octanol–water partition coefficient (Wildman–Crippen LogP) is 4.07. The number of hydrogen-bond acceptors (Lipinski definition) is 2. The van der Waals surface area contributed by atoms with Crippen molar-refractivity contribution in [3.8, 4) is 0 Å². The number of rotatable bonds is 3. The Morgan fingerprint density at radius 2 is 2.00 bits per heavy atom. The first kappa shape index (κ1) is 18.3. The minimum absolute atomic E-state index is 0.00761. The Labute approximate surface area is 162 Å². The van der Waals surface area contributed by atoms with Crippen LogP contribution in [-0.2, 0) is 11.2 Å². The van der Waals surface area contributed by atoms with E-state index >= 15 is 0 Å². The van der Waals surface area contributed by atoms with E-state index in [0.717, 1.165) is 26.1 Å². The highest BCUT2D eigenvalue weighted by molar-refractivity contribution is 5.99. The highest BCUT2D eigenvalue weighted by Crippen LogP contribution is 2.43. The molecule has 1 aromatic carbocycles. The van der Waals surface area contributed by atoms with E-state index in [-0.39, 0.29) is 17.4 Å². The molecule has 0 saturated heterocycles. The zero-order chi connectivity index (χ0) is 19.3. The second-order valence-electron chi connectivity index (χ2n) is 8.82. The first-order chi connectivity index (χ1) is 12.8. The summed E-state index contributed by atoms with van der Waals surface area (Å²) >= 11 is 0. The molecular weight excluding hydrogens is 334 g/mol. The third kappa shape index (κ3) is 2.91. The Balaban J connectivity index is 1.85. The van der Waals surface area contributed by atoms with E-state index in [1.54, 1.807) is 0 Å². The maximum Gasteiger partial charge on any atom is 0.230 e. The highest BCUT2D eigenvalue weighted by Gasteiger charge is 2.41. The molecule has 144 valence electrons. The molecule has 4 heteroatoms. The monoisotopic (exact) mass is 365 g/mol. The van der Waals surface area contributed by atoms with Crippen molar-refractivity contribution in [2.24, 2.45) is 5.92 Å². The van der Waals surface area contributed by atoms with Gasteiger partial charge in [-0.2, -0.15) is 0 Å². The molecule has 1 aromatic heterocycles. The number of fused-ring (bicyclic) bond motifs is 2. The van der Waals surface area contributed by atoms with Gasteiger partial charge in [-0.1, -0.05) is 18.2 Å². The maximum absolute atomic E-state index is 13.2. The van der Waals surface area contributed by atoms with Crippen LogP contribution in [-0.4, -0.2) is 51.9 Å². The van der Waals surface area contributed by atoms with Gasteiger partial charge in [0.15, 0.2) is 0 Å². The van der Waals surface area contributed by atoms with Crippen LogP contribution in [0.5, 0.6) is 0 Å². The van der Waals surface area contributed by atoms with Gasteiger partial charge < -0.3 is 9.88 Å². The number of aromatic amines is 1. The molecule has 2 atom stereocenters. The molecule has 0 fully saturated rings. The lowest BCUT2D eigenvalue weighted by atomic mass is 9.77. The Kier molecular flexibility index (Phi) is 4.42. The number of H-pyrrole nitrogens is 1. The molecule has 1 N–H and O–H groups in total. The molecule has 1 aliphatic carbocycles. The zero-order valence-corrected chi connectivity index (χ0v) is 17.2. The largest absolute Gasteiger partial charge is 0.361 e. The van der Waals surface area contributed by atoms with Crippen LogP contribution in [0.15, 0.2) is 30.5 Å². The van der Waals surface area contributed by atoms with Gasteiger partial charge >= 0.3 is 0 Å². The number of aromatic nitrogens is 1. The molecule has 2 aromatic rings. The number of benzene rings is 1. The van der Waals surface area contributed by atoms with E-state index < -0.39 is 0 Å². The van der Waals surface area contributed by atoms with Gasteiger partial charge in [0.1, 0.15) is 0 Å².